The summed E-state index contributed by atoms with van der Waals surface area (Å²) in [6.45, 7) is 5.40. The van der Waals surface area contributed by atoms with E-state index in [9.17, 15) is 4.79 Å². The molecular weight excluding hydrogens is 240 g/mol. The number of carbonyl (C=O) groups is 1. The van der Waals surface area contributed by atoms with Crippen LogP contribution >= 0.6 is 0 Å². The topological polar surface area (TPSA) is 43.8 Å². The highest BCUT2D eigenvalue weighted by molar-refractivity contribution is 5.81. The maximum atomic E-state index is 11.9. The number of likely N-dealkylation sites (N-methyl/N-ethyl adjacent to an activating group) is 1. The first kappa shape index (κ1) is 15.5. The van der Waals surface area contributed by atoms with E-state index in [4.69, 9.17) is 5.11 Å². The molecule has 0 spiro atoms. The van der Waals surface area contributed by atoms with Gasteiger partial charge in [-0.3, -0.25) is 4.79 Å². The van der Waals surface area contributed by atoms with Gasteiger partial charge in [0.05, 0.1) is 13.2 Å². The van der Waals surface area contributed by atoms with Gasteiger partial charge in [-0.1, -0.05) is 19.1 Å². The minimum Gasteiger partial charge on any atom is -0.392 e. The first-order chi connectivity index (χ1) is 8.99. The highest BCUT2D eigenvalue weighted by atomic mass is 16.3. The number of anilines is 1. The van der Waals surface area contributed by atoms with Crippen LogP contribution in [0.5, 0.6) is 0 Å². The number of carbonyl (C=O) groups excluding carboxylic acids is 1. The second-order valence-corrected chi connectivity index (χ2v) is 4.99. The molecule has 1 aromatic carbocycles. The maximum Gasteiger partial charge on any atom is 0.241 e. The lowest BCUT2D eigenvalue weighted by Gasteiger charge is -2.27. The number of aliphatic hydroxyl groups is 1. The lowest BCUT2D eigenvalue weighted by atomic mass is 10.1. The van der Waals surface area contributed by atoms with E-state index in [1.165, 1.54) is 0 Å². The minimum absolute atomic E-state index is 0.0471. The van der Waals surface area contributed by atoms with Crippen LogP contribution < -0.4 is 4.90 Å². The van der Waals surface area contributed by atoms with Crippen molar-refractivity contribution in [3.05, 3.63) is 29.3 Å². The Bertz CT molecular complexity index is 430. The Morgan fingerprint density at radius 1 is 1.32 bits per heavy atom. The zero-order chi connectivity index (χ0) is 14.4. The van der Waals surface area contributed by atoms with Crippen LogP contribution in [0.1, 0.15) is 24.5 Å². The molecule has 0 bridgehead atoms. The van der Waals surface area contributed by atoms with Gasteiger partial charge in [-0.25, -0.2) is 0 Å². The van der Waals surface area contributed by atoms with E-state index in [1.54, 1.807) is 19.0 Å². The zero-order valence-electron chi connectivity index (χ0n) is 12.3. The van der Waals surface area contributed by atoms with Crippen molar-refractivity contribution in [1.82, 2.24) is 4.90 Å². The van der Waals surface area contributed by atoms with E-state index in [2.05, 4.69) is 11.8 Å². The van der Waals surface area contributed by atoms with Crippen LogP contribution in [0.15, 0.2) is 18.2 Å². The Morgan fingerprint density at radius 2 is 2.00 bits per heavy atom. The third-order valence-electron chi connectivity index (χ3n) is 3.10. The minimum atomic E-state index is 0.0471. The second-order valence-electron chi connectivity index (χ2n) is 4.99. The summed E-state index contributed by atoms with van der Waals surface area (Å²) in [6, 6.07) is 5.86. The van der Waals surface area contributed by atoms with Crippen LogP contribution in [0.4, 0.5) is 5.69 Å². The molecule has 1 aromatic rings. The molecule has 0 aliphatic heterocycles. The first-order valence-corrected chi connectivity index (χ1v) is 6.65. The van der Waals surface area contributed by atoms with Gasteiger partial charge < -0.3 is 14.9 Å². The van der Waals surface area contributed by atoms with Crippen LogP contribution in [0.2, 0.25) is 0 Å². The molecule has 0 aromatic heterocycles. The fourth-order valence-corrected chi connectivity index (χ4v) is 2.03. The average molecular weight is 264 g/mol. The van der Waals surface area contributed by atoms with Crippen molar-refractivity contribution in [2.45, 2.75) is 26.9 Å². The van der Waals surface area contributed by atoms with Gasteiger partial charge in [-0.05, 0) is 30.5 Å². The van der Waals surface area contributed by atoms with Crippen molar-refractivity contribution < 1.29 is 9.90 Å². The van der Waals surface area contributed by atoms with E-state index in [-0.39, 0.29) is 12.5 Å². The van der Waals surface area contributed by atoms with Crippen LogP contribution in [0.25, 0.3) is 0 Å². The highest BCUT2D eigenvalue weighted by Crippen LogP contribution is 2.21. The molecule has 0 atom stereocenters. The lowest BCUT2D eigenvalue weighted by Crippen LogP contribution is -2.37. The number of aliphatic hydroxyl groups excluding tert-OH is 1. The zero-order valence-corrected chi connectivity index (χ0v) is 12.3. The summed E-state index contributed by atoms with van der Waals surface area (Å²) in [5.74, 6) is 0.0964. The van der Waals surface area contributed by atoms with Gasteiger partial charge in [0.2, 0.25) is 5.91 Å². The van der Waals surface area contributed by atoms with Crippen LogP contribution in [-0.4, -0.2) is 43.1 Å². The molecule has 0 saturated heterocycles. The molecule has 1 amide bonds. The third kappa shape index (κ3) is 4.24. The Kier molecular flexibility index (Phi) is 5.83. The van der Waals surface area contributed by atoms with E-state index in [0.717, 1.165) is 29.8 Å². The van der Waals surface area contributed by atoms with Gasteiger partial charge in [0.1, 0.15) is 0 Å². The number of nitrogens with zero attached hydrogens (tertiary/aromatic N) is 2. The van der Waals surface area contributed by atoms with Crippen molar-refractivity contribution in [2.75, 3.05) is 32.1 Å². The molecule has 4 heteroatoms. The summed E-state index contributed by atoms with van der Waals surface area (Å²) < 4.78 is 0. The van der Waals surface area contributed by atoms with Gasteiger partial charge in [0, 0.05) is 26.3 Å². The molecule has 0 heterocycles. The van der Waals surface area contributed by atoms with Gasteiger partial charge in [0.15, 0.2) is 0 Å². The smallest absolute Gasteiger partial charge is 0.241 e. The number of rotatable bonds is 6. The van der Waals surface area contributed by atoms with Crippen molar-refractivity contribution in [3.8, 4) is 0 Å². The van der Waals surface area contributed by atoms with E-state index >= 15 is 0 Å². The molecule has 1 rings (SSSR count). The summed E-state index contributed by atoms with van der Waals surface area (Å²) in [7, 11) is 3.54. The highest BCUT2D eigenvalue weighted by Gasteiger charge is 2.14. The normalized spacial score (nSPS) is 10.4. The first-order valence-electron chi connectivity index (χ1n) is 6.65. The Hall–Kier alpha value is -1.55. The van der Waals surface area contributed by atoms with Gasteiger partial charge >= 0.3 is 0 Å². The van der Waals surface area contributed by atoms with E-state index < -0.39 is 0 Å². The number of benzene rings is 1. The summed E-state index contributed by atoms with van der Waals surface area (Å²) in [5, 5.41) is 9.14. The molecule has 1 N–H and O–H groups in total. The second kappa shape index (κ2) is 7.14. The van der Waals surface area contributed by atoms with Crippen LogP contribution in [-0.2, 0) is 11.4 Å². The largest absolute Gasteiger partial charge is 0.392 e. The fourth-order valence-electron chi connectivity index (χ4n) is 2.03. The summed E-state index contributed by atoms with van der Waals surface area (Å²) in [6.07, 6.45) is 0.988. The molecule has 0 saturated carbocycles. The van der Waals surface area contributed by atoms with Gasteiger partial charge in [-0.15, -0.1) is 0 Å². The lowest BCUT2D eigenvalue weighted by molar-refractivity contribution is -0.127. The number of hydrogen-bond donors (Lipinski definition) is 1. The fraction of sp³-hybridized carbons (Fsp3) is 0.533. The number of hydrogen-bond acceptors (Lipinski definition) is 3. The molecular formula is C15H24N2O2. The molecule has 0 unspecified atom stereocenters. The standard InChI is InChI=1S/C15H24N2O2/c1-5-8-17(10-15(19)16(3)4)14-7-6-13(11-18)9-12(14)2/h6-7,9,18H,5,8,10-11H2,1-4H3. The Labute approximate surface area is 115 Å². The maximum absolute atomic E-state index is 11.9. The van der Waals surface area contributed by atoms with Crippen LogP contribution in [0, 0.1) is 6.92 Å². The summed E-state index contributed by atoms with van der Waals surface area (Å²) in [4.78, 5) is 15.6. The molecule has 4 nitrogen and oxygen atoms in total. The number of aryl methyl sites for hydroxylation is 1. The van der Waals surface area contributed by atoms with Crippen LogP contribution in [0.3, 0.4) is 0 Å². The number of amides is 1. The Morgan fingerprint density at radius 3 is 2.47 bits per heavy atom. The Balaban J connectivity index is 2.95. The van der Waals surface area contributed by atoms with E-state index in [0.29, 0.717) is 6.54 Å². The quantitative estimate of drug-likeness (QED) is 0.852. The summed E-state index contributed by atoms with van der Waals surface area (Å²) >= 11 is 0. The van der Waals surface area contributed by atoms with Crippen molar-refractivity contribution in [3.63, 3.8) is 0 Å². The summed E-state index contributed by atoms with van der Waals surface area (Å²) in [5.41, 5.74) is 3.05. The van der Waals surface area contributed by atoms with Crippen molar-refractivity contribution in [1.29, 1.82) is 0 Å². The predicted octanol–water partition coefficient (Wildman–Crippen LogP) is 1.79. The SMILES string of the molecule is CCCN(CC(=O)N(C)C)c1ccc(CO)cc1C. The molecule has 19 heavy (non-hydrogen) atoms. The molecule has 0 aliphatic carbocycles. The average Bonchev–Trinajstić information content (AvgIpc) is 2.37. The van der Waals surface area contributed by atoms with Gasteiger partial charge in [-0.2, -0.15) is 0 Å². The van der Waals surface area contributed by atoms with Gasteiger partial charge in [0.25, 0.3) is 0 Å². The molecule has 106 valence electrons. The molecule has 0 aliphatic rings. The van der Waals surface area contributed by atoms with E-state index in [1.807, 2.05) is 25.1 Å². The molecule has 0 radical (unpaired) electrons. The van der Waals surface area contributed by atoms with Crippen molar-refractivity contribution >= 4 is 11.6 Å². The molecule has 0 fully saturated rings. The predicted molar refractivity (Wildman–Crippen MR) is 78.3 cm³/mol. The van der Waals surface area contributed by atoms with Crippen molar-refractivity contribution in [2.24, 2.45) is 0 Å². The third-order valence-corrected chi connectivity index (χ3v) is 3.10. The monoisotopic (exact) mass is 264 g/mol.